The molecule has 2 rings (SSSR count). The first-order valence-corrected chi connectivity index (χ1v) is 7.68. The quantitative estimate of drug-likeness (QED) is 0.746. The molecule has 1 heterocycles. The van der Waals surface area contributed by atoms with Gasteiger partial charge in [0.05, 0.1) is 5.69 Å². The fourth-order valence-corrected chi connectivity index (χ4v) is 3.49. The van der Waals surface area contributed by atoms with Crippen molar-refractivity contribution in [2.24, 2.45) is 0 Å². The molecule has 0 aliphatic carbocycles. The highest BCUT2D eigenvalue weighted by Crippen LogP contribution is 2.44. The number of carbonyl (C=O) groups is 1. The maximum absolute atomic E-state index is 12.7. The van der Waals surface area contributed by atoms with Crippen LogP contribution >= 0.6 is 0 Å². The molecular formula is C12H12F3NO6S. The number of rotatable bonds is 3. The molecule has 0 spiro atoms. The van der Waals surface area contributed by atoms with Crippen LogP contribution in [-0.2, 0) is 21.2 Å². The summed E-state index contributed by atoms with van der Waals surface area (Å²) in [6, 6.07) is 1.01. The van der Waals surface area contributed by atoms with E-state index in [0.29, 0.717) is 0 Å². The molecule has 1 aromatic rings. The third-order valence-electron chi connectivity index (χ3n) is 3.55. The summed E-state index contributed by atoms with van der Waals surface area (Å²) in [7, 11) is -5.63. The number of aromatic hydroxyl groups is 1. The zero-order chi connectivity index (χ0) is 17.7. The number of phenolic OH excluding ortho intramolecular Hbond substituents is 1. The van der Waals surface area contributed by atoms with Crippen molar-refractivity contribution in [2.45, 2.75) is 25.0 Å². The number of hydrogen-bond acceptors (Lipinski definition) is 5. The summed E-state index contributed by atoms with van der Waals surface area (Å²) in [5.41, 5.74) is -6.45. The Bertz CT molecular complexity index is 774. The Morgan fingerprint density at radius 2 is 1.96 bits per heavy atom. The minimum absolute atomic E-state index is 0.0413. The number of phenols is 1. The van der Waals surface area contributed by atoms with Crippen LogP contribution in [0.4, 0.5) is 18.9 Å². The number of hydrogen-bond donors (Lipinski definition) is 3. The monoisotopic (exact) mass is 355 g/mol. The van der Waals surface area contributed by atoms with Crippen LogP contribution in [0.5, 0.6) is 5.75 Å². The maximum atomic E-state index is 12.7. The van der Waals surface area contributed by atoms with Crippen LogP contribution in [0.3, 0.4) is 0 Å². The number of anilines is 1. The molecule has 0 amide bonds. The summed E-state index contributed by atoms with van der Waals surface area (Å²) in [5, 5.41) is 28.4. The van der Waals surface area contributed by atoms with E-state index < -0.39 is 39.9 Å². The normalized spacial score (nSPS) is 16.3. The number of sulfonamides is 1. The lowest BCUT2D eigenvalue weighted by atomic mass is 9.97. The summed E-state index contributed by atoms with van der Waals surface area (Å²) in [6.07, 6.45) is -2.32. The molecule has 0 saturated carbocycles. The maximum Gasteiger partial charge on any atom is 0.516 e. The van der Waals surface area contributed by atoms with Gasteiger partial charge in [-0.2, -0.15) is 21.6 Å². The van der Waals surface area contributed by atoms with Crippen molar-refractivity contribution in [1.82, 2.24) is 0 Å². The molecule has 0 fully saturated rings. The first kappa shape index (κ1) is 17.3. The zero-order valence-electron chi connectivity index (χ0n) is 11.6. The van der Waals surface area contributed by atoms with E-state index in [-0.39, 0.29) is 33.1 Å². The fourth-order valence-electron chi connectivity index (χ4n) is 2.49. The van der Waals surface area contributed by atoms with Gasteiger partial charge in [0.15, 0.2) is 6.10 Å². The van der Waals surface area contributed by atoms with E-state index >= 15 is 0 Å². The number of fused-ring (bicyclic) bond motifs is 1. The van der Waals surface area contributed by atoms with Crippen LogP contribution in [0.1, 0.15) is 22.8 Å². The van der Waals surface area contributed by atoms with Gasteiger partial charge in [-0.1, -0.05) is 0 Å². The van der Waals surface area contributed by atoms with E-state index in [1.807, 2.05) is 0 Å². The minimum atomic E-state index is -5.63. The highest BCUT2D eigenvalue weighted by molar-refractivity contribution is 7.93. The van der Waals surface area contributed by atoms with Gasteiger partial charge in [-0.05, 0) is 25.0 Å². The second-order valence-electron chi connectivity index (χ2n) is 4.97. The van der Waals surface area contributed by atoms with Crippen molar-refractivity contribution in [3.63, 3.8) is 0 Å². The van der Waals surface area contributed by atoms with Gasteiger partial charge in [-0.25, -0.2) is 4.79 Å². The summed E-state index contributed by atoms with van der Waals surface area (Å²) >= 11 is 0. The van der Waals surface area contributed by atoms with Crippen molar-refractivity contribution in [2.75, 3.05) is 10.8 Å². The molecule has 0 radical (unpaired) electrons. The smallest absolute Gasteiger partial charge is 0.507 e. The van der Waals surface area contributed by atoms with Crippen molar-refractivity contribution in [1.29, 1.82) is 0 Å². The van der Waals surface area contributed by atoms with Gasteiger partial charge in [0.1, 0.15) is 5.75 Å². The Hall–Kier alpha value is -2.01. The lowest BCUT2D eigenvalue weighted by Crippen LogP contribution is -2.39. The lowest BCUT2D eigenvalue weighted by Gasteiger charge is -2.22. The van der Waals surface area contributed by atoms with Gasteiger partial charge in [0, 0.05) is 17.7 Å². The van der Waals surface area contributed by atoms with E-state index in [1.165, 1.54) is 6.92 Å². The Morgan fingerprint density at radius 3 is 2.43 bits per heavy atom. The highest BCUT2D eigenvalue weighted by Gasteiger charge is 2.52. The third kappa shape index (κ3) is 2.59. The van der Waals surface area contributed by atoms with E-state index in [0.717, 1.165) is 6.07 Å². The van der Waals surface area contributed by atoms with Crippen LogP contribution in [0.25, 0.3) is 0 Å². The van der Waals surface area contributed by atoms with Gasteiger partial charge in [-0.15, -0.1) is 0 Å². The summed E-state index contributed by atoms with van der Waals surface area (Å²) in [4.78, 5) is 10.8. The predicted molar refractivity (Wildman–Crippen MR) is 71.5 cm³/mol. The average molecular weight is 355 g/mol. The Balaban J connectivity index is 2.63. The van der Waals surface area contributed by atoms with E-state index in [4.69, 9.17) is 5.11 Å². The molecule has 1 aromatic carbocycles. The first-order valence-electron chi connectivity index (χ1n) is 6.24. The van der Waals surface area contributed by atoms with Crippen molar-refractivity contribution >= 4 is 21.7 Å². The topological polar surface area (TPSA) is 115 Å². The average Bonchev–Trinajstić information content (AvgIpc) is 2.81. The molecule has 1 atom stereocenters. The fraction of sp³-hybridized carbons (Fsp3) is 0.417. The number of aryl methyl sites for hydroxylation is 1. The molecule has 11 heteroatoms. The van der Waals surface area contributed by atoms with Crippen LogP contribution < -0.4 is 4.31 Å². The largest absolute Gasteiger partial charge is 0.516 e. The Morgan fingerprint density at radius 1 is 1.39 bits per heavy atom. The molecule has 128 valence electrons. The van der Waals surface area contributed by atoms with Crippen LogP contribution in [-0.4, -0.2) is 41.8 Å². The van der Waals surface area contributed by atoms with Crippen molar-refractivity contribution < 1.29 is 41.7 Å². The summed E-state index contributed by atoms with van der Waals surface area (Å²) in [5.74, 6) is -2.36. The van der Waals surface area contributed by atoms with Crippen LogP contribution in [0, 0.1) is 6.92 Å². The standard InChI is InChI=1S/C12H12F3NO6S/c1-5-4-7-6(9(17)8(5)10(18)11(19)20)2-3-16(7)23(21,22)12(13,14)15/h4,10,17-18H,2-3H2,1H3,(H,19,20)/t10-/m0/s1. The van der Waals surface area contributed by atoms with Gasteiger partial charge in [0.2, 0.25) is 0 Å². The number of aliphatic hydroxyl groups is 1. The molecule has 23 heavy (non-hydrogen) atoms. The number of aliphatic carboxylic acids is 1. The molecule has 0 aromatic heterocycles. The Kier molecular flexibility index (Phi) is 3.97. The SMILES string of the molecule is Cc1cc2c(c(O)c1[C@H](O)C(=O)O)CCN2S(=O)(=O)C(F)(F)F. The number of carboxylic acid groups (broad SMARTS) is 1. The minimum Gasteiger partial charge on any atom is -0.507 e. The zero-order valence-corrected chi connectivity index (χ0v) is 12.4. The predicted octanol–water partition coefficient (Wildman–Crippen LogP) is 1.03. The van der Waals surface area contributed by atoms with E-state index in [1.54, 1.807) is 0 Å². The summed E-state index contributed by atoms with van der Waals surface area (Å²) < 4.78 is 61.3. The van der Waals surface area contributed by atoms with E-state index in [9.17, 15) is 36.6 Å². The Labute approximate surface area is 128 Å². The number of alkyl halides is 3. The number of carboxylic acids is 1. The lowest BCUT2D eigenvalue weighted by molar-refractivity contribution is -0.147. The number of nitrogens with zero attached hydrogens (tertiary/aromatic N) is 1. The molecular weight excluding hydrogens is 343 g/mol. The molecule has 0 unspecified atom stereocenters. The molecule has 3 N–H and O–H groups in total. The number of benzene rings is 1. The number of halogens is 3. The second-order valence-corrected chi connectivity index (χ2v) is 6.82. The molecule has 1 aliphatic heterocycles. The highest BCUT2D eigenvalue weighted by atomic mass is 32.2. The van der Waals surface area contributed by atoms with Crippen LogP contribution in [0.2, 0.25) is 0 Å². The molecule has 0 bridgehead atoms. The van der Waals surface area contributed by atoms with Crippen molar-refractivity contribution in [3.05, 3.63) is 22.8 Å². The van der Waals surface area contributed by atoms with Crippen molar-refractivity contribution in [3.8, 4) is 5.75 Å². The third-order valence-corrected chi connectivity index (χ3v) is 5.10. The van der Waals surface area contributed by atoms with Gasteiger partial charge < -0.3 is 15.3 Å². The first-order chi connectivity index (χ1) is 10.4. The van der Waals surface area contributed by atoms with E-state index in [2.05, 4.69) is 0 Å². The van der Waals surface area contributed by atoms with Gasteiger partial charge >= 0.3 is 21.5 Å². The van der Waals surface area contributed by atoms with Gasteiger partial charge in [-0.3, -0.25) is 4.31 Å². The van der Waals surface area contributed by atoms with Gasteiger partial charge in [0.25, 0.3) is 0 Å². The van der Waals surface area contributed by atoms with Crippen LogP contribution in [0.15, 0.2) is 6.07 Å². The molecule has 1 aliphatic rings. The second kappa shape index (κ2) is 5.27. The molecule has 7 nitrogen and oxygen atoms in total. The molecule has 0 saturated heterocycles. The number of aliphatic hydroxyl groups excluding tert-OH is 1. The summed E-state index contributed by atoms with van der Waals surface area (Å²) in [6.45, 7) is 0.703.